The number of aliphatic hydroxyl groups is 2. The van der Waals surface area contributed by atoms with E-state index in [0.29, 0.717) is 16.7 Å². The van der Waals surface area contributed by atoms with Gasteiger partial charge in [0.05, 0.1) is 30.9 Å². The van der Waals surface area contributed by atoms with E-state index in [4.69, 9.17) is 5.26 Å². The first-order chi connectivity index (χ1) is 12.2. The fourth-order valence-corrected chi connectivity index (χ4v) is 2.41. The lowest BCUT2D eigenvalue weighted by Crippen LogP contribution is -2.35. The van der Waals surface area contributed by atoms with E-state index in [1.165, 1.54) is 11.0 Å². The van der Waals surface area contributed by atoms with Gasteiger partial charge in [-0.1, -0.05) is 48.5 Å². The Balaban J connectivity index is 2.10. The molecule has 0 aliphatic carbocycles. The third-order valence-corrected chi connectivity index (χ3v) is 3.75. The summed E-state index contributed by atoms with van der Waals surface area (Å²) < 4.78 is 0. The average Bonchev–Trinajstić information content (AvgIpc) is 2.66. The molecule has 0 saturated heterocycles. The molecule has 128 valence electrons. The molecule has 2 N–H and O–H groups in total. The fraction of sp³-hybridized carbons (Fsp3) is 0.200. The van der Waals surface area contributed by atoms with Crippen LogP contribution in [0.15, 0.2) is 60.7 Å². The van der Waals surface area contributed by atoms with Crippen LogP contribution in [0.3, 0.4) is 0 Å². The molecule has 1 amide bonds. The highest BCUT2D eigenvalue weighted by Gasteiger charge is 2.16. The van der Waals surface area contributed by atoms with E-state index in [9.17, 15) is 15.0 Å². The maximum atomic E-state index is 12.4. The third-order valence-electron chi connectivity index (χ3n) is 3.75. The number of rotatable bonds is 7. The number of carbonyl (C=O) groups is 1. The van der Waals surface area contributed by atoms with E-state index in [2.05, 4.69) is 6.07 Å². The molecular formula is C20H20N2O3. The van der Waals surface area contributed by atoms with Crippen molar-refractivity contribution in [2.75, 3.05) is 19.7 Å². The van der Waals surface area contributed by atoms with Gasteiger partial charge in [-0.25, -0.2) is 0 Å². The SMILES string of the molecule is N#Cc1ccccc1/C=C/C(=O)N(CCO)C[C@H](O)c1ccccc1. The summed E-state index contributed by atoms with van der Waals surface area (Å²) in [5.41, 5.74) is 1.83. The van der Waals surface area contributed by atoms with Crippen LogP contribution >= 0.6 is 0 Å². The topological polar surface area (TPSA) is 84.6 Å². The second kappa shape index (κ2) is 9.38. The molecule has 2 rings (SSSR count). The molecule has 2 aromatic rings. The zero-order valence-electron chi connectivity index (χ0n) is 13.7. The van der Waals surface area contributed by atoms with Crippen LogP contribution in [-0.4, -0.2) is 40.7 Å². The Kier molecular flexibility index (Phi) is 6.90. The summed E-state index contributed by atoms with van der Waals surface area (Å²) in [7, 11) is 0. The van der Waals surface area contributed by atoms with Gasteiger partial charge in [0, 0.05) is 12.6 Å². The van der Waals surface area contributed by atoms with Gasteiger partial charge in [-0.15, -0.1) is 0 Å². The van der Waals surface area contributed by atoms with Crippen molar-refractivity contribution in [1.82, 2.24) is 4.90 Å². The molecule has 0 spiro atoms. The molecule has 0 fully saturated rings. The molecule has 0 saturated carbocycles. The molecule has 0 bridgehead atoms. The van der Waals surface area contributed by atoms with Gasteiger partial charge in [-0.3, -0.25) is 4.79 Å². The molecule has 1 atom stereocenters. The lowest BCUT2D eigenvalue weighted by atomic mass is 10.1. The first kappa shape index (κ1) is 18.4. The normalized spacial score (nSPS) is 11.9. The number of hydrogen-bond acceptors (Lipinski definition) is 4. The highest BCUT2D eigenvalue weighted by Crippen LogP contribution is 2.15. The quantitative estimate of drug-likeness (QED) is 0.759. The average molecular weight is 336 g/mol. The standard InChI is InChI=1S/C20H20N2O3/c21-14-18-9-5-4-6-16(18)10-11-20(25)22(12-13-23)15-19(24)17-7-2-1-3-8-17/h1-11,19,23-24H,12-13,15H2/b11-10+/t19-/m0/s1. The van der Waals surface area contributed by atoms with Gasteiger partial charge < -0.3 is 15.1 Å². The minimum Gasteiger partial charge on any atom is -0.395 e. The van der Waals surface area contributed by atoms with E-state index in [1.807, 2.05) is 18.2 Å². The maximum Gasteiger partial charge on any atom is 0.246 e. The first-order valence-corrected chi connectivity index (χ1v) is 7.95. The Hall–Kier alpha value is -2.94. The molecule has 5 heteroatoms. The smallest absolute Gasteiger partial charge is 0.246 e. The van der Waals surface area contributed by atoms with Crippen molar-refractivity contribution in [2.24, 2.45) is 0 Å². The number of nitrogens with zero attached hydrogens (tertiary/aromatic N) is 2. The summed E-state index contributed by atoms with van der Waals surface area (Å²) in [4.78, 5) is 13.8. The lowest BCUT2D eigenvalue weighted by Gasteiger charge is -2.23. The van der Waals surface area contributed by atoms with Crippen LogP contribution in [0.2, 0.25) is 0 Å². The zero-order valence-corrected chi connectivity index (χ0v) is 13.7. The van der Waals surface area contributed by atoms with E-state index >= 15 is 0 Å². The van der Waals surface area contributed by atoms with Crippen molar-refractivity contribution in [2.45, 2.75) is 6.10 Å². The largest absolute Gasteiger partial charge is 0.395 e. The van der Waals surface area contributed by atoms with Crippen molar-refractivity contribution in [3.63, 3.8) is 0 Å². The number of amides is 1. The van der Waals surface area contributed by atoms with Crippen LogP contribution < -0.4 is 0 Å². The predicted molar refractivity (Wildman–Crippen MR) is 95.3 cm³/mol. The number of benzene rings is 2. The van der Waals surface area contributed by atoms with Gasteiger partial charge >= 0.3 is 0 Å². The van der Waals surface area contributed by atoms with Crippen molar-refractivity contribution >= 4 is 12.0 Å². The lowest BCUT2D eigenvalue weighted by molar-refractivity contribution is -0.127. The van der Waals surface area contributed by atoms with Crippen LogP contribution in [0.25, 0.3) is 6.08 Å². The summed E-state index contributed by atoms with van der Waals surface area (Å²) in [6, 6.07) is 18.1. The van der Waals surface area contributed by atoms with Gasteiger partial charge in [0.15, 0.2) is 0 Å². The van der Waals surface area contributed by atoms with Gasteiger partial charge in [0.2, 0.25) is 5.91 Å². The maximum absolute atomic E-state index is 12.4. The Morgan fingerprint density at radius 3 is 2.52 bits per heavy atom. The highest BCUT2D eigenvalue weighted by molar-refractivity contribution is 5.92. The van der Waals surface area contributed by atoms with Crippen LogP contribution in [-0.2, 0) is 4.79 Å². The molecule has 0 radical (unpaired) electrons. The molecular weight excluding hydrogens is 316 g/mol. The Morgan fingerprint density at radius 1 is 1.16 bits per heavy atom. The molecule has 0 aliphatic heterocycles. The molecule has 0 unspecified atom stereocenters. The zero-order chi connectivity index (χ0) is 18.1. The van der Waals surface area contributed by atoms with Gasteiger partial charge in [0.25, 0.3) is 0 Å². The number of aliphatic hydroxyl groups excluding tert-OH is 2. The van der Waals surface area contributed by atoms with Gasteiger partial charge in [-0.2, -0.15) is 5.26 Å². The van der Waals surface area contributed by atoms with Crippen LogP contribution in [0.4, 0.5) is 0 Å². The van der Waals surface area contributed by atoms with E-state index in [-0.39, 0.29) is 25.6 Å². The molecule has 25 heavy (non-hydrogen) atoms. The minimum absolute atomic E-state index is 0.0770. The van der Waals surface area contributed by atoms with Crippen molar-refractivity contribution < 1.29 is 15.0 Å². The van der Waals surface area contributed by atoms with E-state index < -0.39 is 6.10 Å². The van der Waals surface area contributed by atoms with E-state index in [0.717, 1.165) is 0 Å². The Labute approximate surface area is 147 Å². The first-order valence-electron chi connectivity index (χ1n) is 7.95. The van der Waals surface area contributed by atoms with Gasteiger partial charge in [0.1, 0.15) is 0 Å². The summed E-state index contributed by atoms with van der Waals surface area (Å²) >= 11 is 0. The molecule has 5 nitrogen and oxygen atoms in total. The van der Waals surface area contributed by atoms with Crippen LogP contribution in [0, 0.1) is 11.3 Å². The van der Waals surface area contributed by atoms with E-state index in [1.54, 1.807) is 42.5 Å². The summed E-state index contributed by atoms with van der Waals surface area (Å²) in [6.45, 7) is -0.00349. The van der Waals surface area contributed by atoms with Crippen LogP contribution in [0.5, 0.6) is 0 Å². The number of nitriles is 1. The van der Waals surface area contributed by atoms with Crippen LogP contribution in [0.1, 0.15) is 22.8 Å². The van der Waals surface area contributed by atoms with Crippen molar-refractivity contribution in [1.29, 1.82) is 5.26 Å². The van der Waals surface area contributed by atoms with Gasteiger partial charge in [-0.05, 0) is 23.3 Å². The van der Waals surface area contributed by atoms with Crippen molar-refractivity contribution in [3.8, 4) is 6.07 Å². The third kappa shape index (κ3) is 5.28. The second-order valence-electron chi connectivity index (χ2n) is 5.47. The summed E-state index contributed by atoms with van der Waals surface area (Å²) in [6.07, 6.45) is 2.08. The second-order valence-corrected chi connectivity index (χ2v) is 5.47. The monoisotopic (exact) mass is 336 g/mol. The predicted octanol–water partition coefficient (Wildman–Crippen LogP) is 2.13. The Bertz CT molecular complexity index is 766. The molecule has 0 heterocycles. The number of hydrogen-bond donors (Lipinski definition) is 2. The summed E-state index contributed by atoms with van der Waals surface area (Å²) in [5, 5.41) is 28.6. The summed E-state index contributed by atoms with van der Waals surface area (Å²) in [5.74, 6) is -0.336. The number of carbonyl (C=O) groups excluding carboxylic acids is 1. The minimum atomic E-state index is -0.837. The molecule has 2 aromatic carbocycles. The molecule has 0 aliphatic rings. The molecule has 0 aromatic heterocycles. The highest BCUT2D eigenvalue weighted by atomic mass is 16.3. The van der Waals surface area contributed by atoms with Crippen molar-refractivity contribution in [3.05, 3.63) is 77.4 Å². The Morgan fingerprint density at radius 2 is 1.84 bits per heavy atom. The fourth-order valence-electron chi connectivity index (χ4n) is 2.41.